The third-order valence-electron chi connectivity index (χ3n) is 1.26. The molecule has 0 aliphatic carbocycles. The third-order valence-corrected chi connectivity index (χ3v) is 3.76. The summed E-state index contributed by atoms with van der Waals surface area (Å²) < 4.78 is 25.6. The fraction of sp³-hybridized carbons (Fsp3) is 0.167. The van der Waals surface area contributed by atoms with Crippen LogP contribution in [-0.4, -0.2) is 4.98 Å². The van der Waals surface area contributed by atoms with Gasteiger partial charge in [-0.2, -0.15) is 0 Å². The molecule has 0 aliphatic rings. The Bertz CT molecular complexity index is 306. The van der Waals surface area contributed by atoms with Gasteiger partial charge in [0.25, 0.3) is 6.43 Å². The summed E-state index contributed by atoms with van der Waals surface area (Å²) >= 11 is 4.89. The number of pyridine rings is 1. The number of halogens is 4. The van der Waals surface area contributed by atoms with Crippen LogP contribution in [0.4, 0.5) is 14.6 Å². The highest BCUT2D eigenvalue weighted by molar-refractivity contribution is 14.1. The highest BCUT2D eigenvalue weighted by atomic mass is 127. The standard InChI is InChI=1S/C6H4BrF2IN2/c7-2-1-12-6(11)3(4(2)10)5(8)9/h1,5H,(H2,11,12). The van der Waals surface area contributed by atoms with Crippen molar-refractivity contribution in [3.63, 3.8) is 0 Å². The van der Waals surface area contributed by atoms with Crippen LogP contribution in [0.25, 0.3) is 0 Å². The monoisotopic (exact) mass is 348 g/mol. The Morgan fingerprint density at radius 2 is 2.17 bits per heavy atom. The van der Waals surface area contributed by atoms with Crippen LogP contribution in [0.1, 0.15) is 12.0 Å². The predicted octanol–water partition coefficient (Wildman–Crippen LogP) is 2.97. The van der Waals surface area contributed by atoms with Gasteiger partial charge in [-0.3, -0.25) is 0 Å². The number of rotatable bonds is 1. The fourth-order valence-electron chi connectivity index (χ4n) is 0.701. The molecular formula is C6H4BrF2IN2. The minimum absolute atomic E-state index is 0.113. The molecule has 66 valence electrons. The molecule has 0 aliphatic heterocycles. The Kier molecular flexibility index (Phi) is 3.22. The Balaban J connectivity index is 3.33. The first-order valence-corrected chi connectivity index (χ1v) is 4.78. The van der Waals surface area contributed by atoms with Crippen molar-refractivity contribution >= 4 is 44.3 Å². The summed E-state index contributed by atoms with van der Waals surface area (Å²) in [5.41, 5.74) is 5.07. The Morgan fingerprint density at radius 1 is 1.58 bits per heavy atom. The molecule has 0 radical (unpaired) electrons. The molecule has 0 saturated carbocycles. The summed E-state index contributed by atoms with van der Waals surface area (Å²) in [7, 11) is 0. The molecule has 0 aromatic carbocycles. The molecular weight excluding hydrogens is 345 g/mol. The Hall–Kier alpha value is 0.0200. The van der Waals surface area contributed by atoms with E-state index in [1.54, 1.807) is 22.6 Å². The molecule has 0 amide bonds. The van der Waals surface area contributed by atoms with Crippen LogP contribution in [0.3, 0.4) is 0 Å². The van der Waals surface area contributed by atoms with Crippen LogP contribution in [0.2, 0.25) is 0 Å². The number of nitrogens with two attached hydrogens (primary N) is 1. The first-order valence-electron chi connectivity index (χ1n) is 2.91. The summed E-state index contributed by atoms with van der Waals surface area (Å²) in [6.07, 6.45) is -1.18. The van der Waals surface area contributed by atoms with E-state index < -0.39 is 6.43 Å². The molecule has 0 spiro atoms. The lowest BCUT2D eigenvalue weighted by molar-refractivity contribution is 0.151. The van der Waals surface area contributed by atoms with Gasteiger partial charge in [0.1, 0.15) is 5.82 Å². The molecule has 0 saturated heterocycles. The van der Waals surface area contributed by atoms with Crippen molar-refractivity contribution in [1.82, 2.24) is 4.98 Å². The number of hydrogen-bond donors (Lipinski definition) is 1. The van der Waals surface area contributed by atoms with Gasteiger partial charge in [0.05, 0.1) is 5.56 Å². The molecule has 1 heterocycles. The molecule has 0 bridgehead atoms. The van der Waals surface area contributed by atoms with Crippen LogP contribution < -0.4 is 5.73 Å². The lowest BCUT2D eigenvalue weighted by atomic mass is 10.3. The Morgan fingerprint density at radius 3 is 2.58 bits per heavy atom. The maximum atomic E-state index is 12.3. The quantitative estimate of drug-likeness (QED) is 0.792. The van der Waals surface area contributed by atoms with Gasteiger partial charge >= 0.3 is 0 Å². The van der Waals surface area contributed by atoms with Crippen LogP contribution >= 0.6 is 38.5 Å². The van der Waals surface area contributed by atoms with Crippen LogP contribution in [0, 0.1) is 3.57 Å². The maximum Gasteiger partial charge on any atom is 0.268 e. The average Bonchev–Trinajstić information content (AvgIpc) is 1.97. The van der Waals surface area contributed by atoms with Gasteiger partial charge in [0, 0.05) is 14.2 Å². The van der Waals surface area contributed by atoms with Crippen molar-refractivity contribution < 1.29 is 8.78 Å². The van der Waals surface area contributed by atoms with Gasteiger partial charge < -0.3 is 5.73 Å². The lowest BCUT2D eigenvalue weighted by Gasteiger charge is -2.06. The van der Waals surface area contributed by atoms with Crippen molar-refractivity contribution in [3.05, 3.63) is 19.8 Å². The molecule has 6 heteroatoms. The second-order valence-corrected chi connectivity index (χ2v) is 3.95. The van der Waals surface area contributed by atoms with E-state index in [0.29, 0.717) is 8.04 Å². The molecule has 1 aromatic heterocycles. The average molecular weight is 349 g/mol. The van der Waals surface area contributed by atoms with Crippen LogP contribution in [0.5, 0.6) is 0 Å². The van der Waals surface area contributed by atoms with Crippen molar-refractivity contribution in [1.29, 1.82) is 0 Å². The third kappa shape index (κ3) is 1.85. The normalized spacial score (nSPS) is 10.8. The molecule has 2 nitrogen and oxygen atoms in total. The van der Waals surface area contributed by atoms with Crippen molar-refractivity contribution in [2.45, 2.75) is 6.43 Å². The van der Waals surface area contributed by atoms with Crippen LogP contribution in [-0.2, 0) is 0 Å². The zero-order valence-corrected chi connectivity index (χ0v) is 9.43. The highest BCUT2D eigenvalue weighted by Crippen LogP contribution is 2.32. The van der Waals surface area contributed by atoms with Gasteiger partial charge in [0.15, 0.2) is 0 Å². The van der Waals surface area contributed by atoms with E-state index in [2.05, 4.69) is 20.9 Å². The lowest BCUT2D eigenvalue weighted by Crippen LogP contribution is -2.01. The molecule has 12 heavy (non-hydrogen) atoms. The highest BCUT2D eigenvalue weighted by Gasteiger charge is 2.18. The van der Waals surface area contributed by atoms with Crippen molar-refractivity contribution in [3.8, 4) is 0 Å². The Labute approximate surface area is 89.8 Å². The number of nitrogens with zero attached hydrogens (tertiary/aromatic N) is 1. The van der Waals surface area contributed by atoms with E-state index >= 15 is 0 Å². The summed E-state index contributed by atoms with van der Waals surface area (Å²) in [6, 6.07) is 0. The molecule has 1 aromatic rings. The summed E-state index contributed by atoms with van der Waals surface area (Å²) in [6.45, 7) is 0. The second-order valence-electron chi connectivity index (χ2n) is 2.02. The van der Waals surface area contributed by atoms with Crippen LogP contribution in [0.15, 0.2) is 10.7 Å². The first-order chi connectivity index (χ1) is 5.54. The summed E-state index contributed by atoms with van der Waals surface area (Å²) in [5.74, 6) is -0.113. The minimum Gasteiger partial charge on any atom is -0.383 e. The molecule has 1 rings (SSSR count). The van der Waals surface area contributed by atoms with E-state index in [-0.39, 0.29) is 11.4 Å². The summed E-state index contributed by atoms with van der Waals surface area (Å²) in [5, 5.41) is 0. The van der Waals surface area contributed by atoms with E-state index in [1.165, 1.54) is 6.20 Å². The number of alkyl halides is 2. The second kappa shape index (κ2) is 3.82. The van der Waals surface area contributed by atoms with Crippen molar-refractivity contribution in [2.24, 2.45) is 0 Å². The SMILES string of the molecule is Nc1ncc(Br)c(I)c1C(F)F. The molecule has 0 fully saturated rings. The van der Waals surface area contributed by atoms with Gasteiger partial charge in [-0.15, -0.1) is 0 Å². The van der Waals surface area contributed by atoms with E-state index in [9.17, 15) is 8.78 Å². The van der Waals surface area contributed by atoms with E-state index in [0.717, 1.165) is 0 Å². The first kappa shape index (κ1) is 10.1. The number of hydrogen-bond acceptors (Lipinski definition) is 2. The minimum atomic E-state index is -2.58. The zero-order chi connectivity index (χ0) is 9.30. The zero-order valence-electron chi connectivity index (χ0n) is 5.69. The smallest absolute Gasteiger partial charge is 0.268 e. The van der Waals surface area contributed by atoms with E-state index in [1.807, 2.05) is 0 Å². The number of nitrogen functional groups attached to an aromatic ring is 1. The van der Waals surface area contributed by atoms with Gasteiger partial charge in [-0.05, 0) is 38.5 Å². The molecule has 0 unspecified atom stereocenters. The van der Waals surface area contributed by atoms with Gasteiger partial charge in [-0.25, -0.2) is 13.8 Å². The summed E-state index contributed by atoms with van der Waals surface area (Å²) in [4.78, 5) is 3.61. The van der Waals surface area contributed by atoms with E-state index in [4.69, 9.17) is 5.73 Å². The van der Waals surface area contributed by atoms with Crippen molar-refractivity contribution in [2.75, 3.05) is 5.73 Å². The topological polar surface area (TPSA) is 38.9 Å². The molecule has 0 atom stereocenters. The van der Waals surface area contributed by atoms with Gasteiger partial charge in [-0.1, -0.05) is 0 Å². The van der Waals surface area contributed by atoms with Gasteiger partial charge in [0.2, 0.25) is 0 Å². The molecule has 2 N–H and O–H groups in total. The number of aromatic nitrogens is 1. The number of anilines is 1. The predicted molar refractivity (Wildman–Crippen MR) is 54.0 cm³/mol. The maximum absolute atomic E-state index is 12.3. The largest absolute Gasteiger partial charge is 0.383 e. The fourth-order valence-corrected chi connectivity index (χ4v) is 1.67.